The van der Waals surface area contributed by atoms with Gasteiger partial charge in [-0.25, -0.2) is 14.4 Å². The van der Waals surface area contributed by atoms with Gasteiger partial charge in [-0.2, -0.15) is 5.10 Å². The second kappa shape index (κ2) is 7.62. The van der Waals surface area contributed by atoms with Gasteiger partial charge in [0.05, 0.1) is 12.6 Å². The largest absolute Gasteiger partial charge is 0.444 e. The Hall–Kier alpha value is -2.28. The lowest BCUT2D eigenvalue weighted by atomic mass is 10.1. The van der Waals surface area contributed by atoms with Gasteiger partial charge in [0.25, 0.3) is 5.69 Å². The predicted octanol–water partition coefficient (Wildman–Crippen LogP) is 4.36. The van der Waals surface area contributed by atoms with E-state index in [1.807, 2.05) is 20.8 Å². The van der Waals surface area contributed by atoms with Crippen LogP contribution < -0.4 is 4.90 Å². The normalized spacial score (nSPS) is 14.9. The zero-order valence-electron chi connectivity index (χ0n) is 17.2. The van der Waals surface area contributed by atoms with E-state index in [4.69, 9.17) is 16.0 Å². The summed E-state index contributed by atoms with van der Waals surface area (Å²) in [5, 5.41) is 4.36. The van der Waals surface area contributed by atoms with Gasteiger partial charge in [-0.1, -0.05) is 0 Å². The van der Waals surface area contributed by atoms with Crippen LogP contribution in [0.3, 0.4) is 0 Å². The Kier molecular flexibility index (Phi) is 5.99. The van der Waals surface area contributed by atoms with Crippen molar-refractivity contribution in [2.24, 2.45) is 0 Å². The molecule has 154 valence electrons. The minimum absolute atomic E-state index is 0.181. The number of hydrogen-bond donors (Lipinski definition) is 0. The Labute approximate surface area is 173 Å². The lowest BCUT2D eigenvalue weighted by molar-refractivity contribution is -0.000388. The fourth-order valence-electron chi connectivity index (χ4n) is 2.56. The average molecular weight is 456 g/mol. The van der Waals surface area contributed by atoms with Gasteiger partial charge < -0.3 is 14.4 Å². The quantitative estimate of drug-likeness (QED) is 0.618. The molecule has 1 fully saturated rings. The number of likely N-dealkylation sites (tertiary alicyclic amines) is 1. The monoisotopic (exact) mass is 455 g/mol. The molecule has 0 N–H and O–H groups in total. The van der Waals surface area contributed by atoms with E-state index in [9.17, 15) is 9.59 Å². The summed E-state index contributed by atoms with van der Waals surface area (Å²) in [7, 11) is 1.53. The standard InChI is InChI=1S/C18H26BrN5O4/c1-17(2,3)27-15(25)22(8)14-12(20-7)13(19)21-24(14)11-9-23(10-11)16(26)28-18(4,5)6/h11H,9-10H2,1-6,8H3. The molecule has 2 amide bonds. The molecule has 1 aliphatic heterocycles. The summed E-state index contributed by atoms with van der Waals surface area (Å²) in [6, 6.07) is -0.181. The Morgan fingerprint density at radius 1 is 1.18 bits per heavy atom. The molecule has 2 rings (SSSR count). The van der Waals surface area contributed by atoms with E-state index in [1.54, 1.807) is 30.4 Å². The van der Waals surface area contributed by atoms with E-state index in [2.05, 4.69) is 25.9 Å². The third-order valence-electron chi connectivity index (χ3n) is 3.78. The number of carbonyl (C=O) groups excluding carboxylic acids is 2. The third kappa shape index (κ3) is 4.95. The van der Waals surface area contributed by atoms with Crippen LogP contribution in [0.4, 0.5) is 21.1 Å². The molecule has 10 heteroatoms. The van der Waals surface area contributed by atoms with Crippen LogP contribution in [0.25, 0.3) is 4.85 Å². The van der Waals surface area contributed by atoms with E-state index in [-0.39, 0.29) is 11.7 Å². The van der Waals surface area contributed by atoms with Crippen molar-refractivity contribution >= 4 is 39.6 Å². The summed E-state index contributed by atoms with van der Waals surface area (Å²) < 4.78 is 12.7. The van der Waals surface area contributed by atoms with Gasteiger partial charge in [-0.15, -0.1) is 0 Å². The number of rotatable bonds is 2. The molecule has 0 unspecified atom stereocenters. The lowest BCUT2D eigenvalue weighted by Gasteiger charge is -2.40. The van der Waals surface area contributed by atoms with Gasteiger partial charge in [0.15, 0.2) is 0 Å². The van der Waals surface area contributed by atoms with Crippen LogP contribution in [-0.2, 0) is 9.47 Å². The third-order valence-corrected chi connectivity index (χ3v) is 4.31. The molecule has 0 saturated carbocycles. The maximum absolute atomic E-state index is 12.5. The summed E-state index contributed by atoms with van der Waals surface area (Å²) in [6.45, 7) is 18.9. The van der Waals surface area contributed by atoms with Crippen LogP contribution in [0.2, 0.25) is 0 Å². The summed E-state index contributed by atoms with van der Waals surface area (Å²) in [6.07, 6.45) is -0.989. The van der Waals surface area contributed by atoms with E-state index >= 15 is 0 Å². The van der Waals surface area contributed by atoms with Crippen LogP contribution in [-0.4, -0.2) is 58.2 Å². The minimum atomic E-state index is -0.671. The topological polar surface area (TPSA) is 81.3 Å². The smallest absolute Gasteiger partial charge is 0.414 e. The summed E-state index contributed by atoms with van der Waals surface area (Å²) in [5.74, 6) is 0.324. The van der Waals surface area contributed by atoms with Crippen molar-refractivity contribution in [2.45, 2.75) is 58.8 Å². The van der Waals surface area contributed by atoms with Crippen LogP contribution in [0.1, 0.15) is 47.6 Å². The molecule has 1 aliphatic rings. The number of nitrogens with zero attached hydrogens (tertiary/aromatic N) is 5. The van der Waals surface area contributed by atoms with Crippen molar-refractivity contribution in [3.63, 3.8) is 0 Å². The number of amides is 2. The molecule has 0 aromatic carbocycles. The van der Waals surface area contributed by atoms with Gasteiger partial charge in [0, 0.05) is 20.1 Å². The van der Waals surface area contributed by atoms with Crippen molar-refractivity contribution in [1.29, 1.82) is 0 Å². The van der Waals surface area contributed by atoms with Crippen molar-refractivity contribution < 1.29 is 19.1 Å². The first-order valence-electron chi connectivity index (χ1n) is 8.83. The Morgan fingerprint density at radius 3 is 2.18 bits per heavy atom. The highest BCUT2D eigenvalue weighted by atomic mass is 79.9. The van der Waals surface area contributed by atoms with Gasteiger partial charge in [0.2, 0.25) is 0 Å². The Balaban J connectivity index is 2.22. The Bertz CT molecular complexity index is 810. The molecule has 0 bridgehead atoms. The maximum atomic E-state index is 12.5. The van der Waals surface area contributed by atoms with Crippen molar-refractivity contribution in [3.05, 3.63) is 16.0 Å². The van der Waals surface area contributed by atoms with Crippen LogP contribution >= 0.6 is 15.9 Å². The van der Waals surface area contributed by atoms with Crippen molar-refractivity contribution in [3.8, 4) is 0 Å². The average Bonchev–Trinajstić information content (AvgIpc) is 2.77. The molecule has 0 aliphatic carbocycles. The first kappa shape index (κ1) is 22.0. The summed E-state index contributed by atoms with van der Waals surface area (Å²) >= 11 is 3.28. The molecular formula is C18H26BrN5O4. The number of halogens is 1. The maximum Gasteiger partial charge on any atom is 0.414 e. The molecule has 9 nitrogen and oxygen atoms in total. The number of hydrogen-bond acceptors (Lipinski definition) is 5. The Morgan fingerprint density at radius 2 is 1.71 bits per heavy atom. The molecule has 1 aromatic heterocycles. The van der Waals surface area contributed by atoms with E-state index in [0.29, 0.717) is 23.5 Å². The van der Waals surface area contributed by atoms with Crippen molar-refractivity contribution in [1.82, 2.24) is 14.7 Å². The minimum Gasteiger partial charge on any atom is -0.444 e. The molecule has 1 saturated heterocycles. The van der Waals surface area contributed by atoms with Gasteiger partial charge >= 0.3 is 12.2 Å². The molecule has 0 radical (unpaired) electrons. The van der Waals surface area contributed by atoms with E-state index in [1.165, 1.54) is 11.9 Å². The van der Waals surface area contributed by atoms with Crippen LogP contribution in [0.5, 0.6) is 0 Å². The SMILES string of the molecule is [C-]#[N+]c1c(Br)nn(C2CN(C(=O)OC(C)(C)C)C2)c1N(C)C(=O)OC(C)(C)C. The zero-order valence-corrected chi connectivity index (χ0v) is 18.8. The molecule has 28 heavy (non-hydrogen) atoms. The van der Waals surface area contributed by atoms with Gasteiger partial charge in [0.1, 0.15) is 21.6 Å². The number of aromatic nitrogens is 2. The molecule has 0 atom stereocenters. The summed E-state index contributed by atoms with van der Waals surface area (Å²) in [5.41, 5.74) is -1.03. The van der Waals surface area contributed by atoms with Crippen LogP contribution in [0, 0.1) is 6.57 Å². The van der Waals surface area contributed by atoms with E-state index < -0.39 is 23.4 Å². The highest BCUT2D eigenvalue weighted by Gasteiger charge is 2.39. The van der Waals surface area contributed by atoms with Crippen LogP contribution in [0.15, 0.2) is 4.60 Å². The number of carbonyl (C=O) groups is 2. The molecule has 1 aromatic rings. The fraction of sp³-hybridized carbons (Fsp3) is 0.667. The molecule has 0 spiro atoms. The van der Waals surface area contributed by atoms with Crippen molar-refractivity contribution in [2.75, 3.05) is 25.0 Å². The fourth-order valence-corrected chi connectivity index (χ4v) is 2.99. The van der Waals surface area contributed by atoms with E-state index in [0.717, 1.165) is 0 Å². The van der Waals surface area contributed by atoms with Gasteiger partial charge in [-0.05, 0) is 57.5 Å². The molecule has 2 heterocycles. The second-order valence-corrected chi connectivity index (χ2v) is 9.35. The highest BCUT2D eigenvalue weighted by Crippen LogP contribution is 2.40. The molecular weight excluding hydrogens is 430 g/mol. The zero-order chi connectivity index (χ0) is 21.4. The first-order valence-corrected chi connectivity index (χ1v) is 9.63. The lowest BCUT2D eigenvalue weighted by Crippen LogP contribution is -2.53. The predicted molar refractivity (Wildman–Crippen MR) is 108 cm³/mol. The highest BCUT2D eigenvalue weighted by molar-refractivity contribution is 9.10. The van der Waals surface area contributed by atoms with Gasteiger partial charge in [-0.3, -0.25) is 9.58 Å². The number of ether oxygens (including phenoxy) is 2. The second-order valence-electron chi connectivity index (χ2n) is 8.60. The summed E-state index contributed by atoms with van der Waals surface area (Å²) in [4.78, 5) is 31.0. The number of anilines is 1. The first-order chi connectivity index (χ1) is 12.7.